The van der Waals surface area contributed by atoms with E-state index >= 15 is 0 Å². The maximum Gasteiger partial charge on any atom is 0.188 e. The average molecular weight is 289 g/mol. The summed E-state index contributed by atoms with van der Waals surface area (Å²) in [5.74, 6) is 1.24. The van der Waals surface area contributed by atoms with Crippen LogP contribution in [-0.2, 0) is 13.6 Å². The fraction of sp³-hybridized carbons (Fsp3) is 0.583. The van der Waals surface area contributed by atoms with Crippen LogP contribution in [-0.4, -0.2) is 17.1 Å². The van der Waals surface area contributed by atoms with Gasteiger partial charge in [0.25, 0.3) is 0 Å². The van der Waals surface area contributed by atoms with Crippen molar-refractivity contribution >= 4 is 29.2 Å². The predicted molar refractivity (Wildman–Crippen MR) is 76.1 cm³/mol. The molecule has 0 atom stereocenters. The Bertz CT molecular complexity index is 449. The number of hydrogen-bond donors (Lipinski definition) is 2. The molecule has 0 amide bonds. The Labute approximate surface area is 117 Å². The van der Waals surface area contributed by atoms with Gasteiger partial charge in [-0.25, -0.2) is 4.99 Å². The van der Waals surface area contributed by atoms with Gasteiger partial charge in [-0.05, 0) is 24.8 Å². The zero-order valence-electron chi connectivity index (χ0n) is 10.4. The van der Waals surface area contributed by atoms with Crippen molar-refractivity contribution in [3.05, 3.63) is 21.9 Å². The average Bonchev–Trinajstić information content (AvgIpc) is 2.52. The Morgan fingerprint density at radius 3 is 2.78 bits per heavy atom. The molecular weight excluding hydrogens is 271 g/mol. The topological polar surface area (TPSA) is 55.3 Å². The van der Waals surface area contributed by atoms with Gasteiger partial charge < -0.3 is 15.6 Å². The van der Waals surface area contributed by atoms with Crippen LogP contribution < -0.4 is 11.1 Å². The fourth-order valence-electron chi connectivity index (χ4n) is 1.91. The lowest BCUT2D eigenvalue weighted by Crippen LogP contribution is -2.37. The monoisotopic (exact) mass is 288 g/mol. The lowest BCUT2D eigenvalue weighted by Gasteiger charge is -2.25. The zero-order chi connectivity index (χ0) is 13.1. The minimum Gasteiger partial charge on any atom is -0.370 e. The molecule has 1 aromatic heterocycles. The van der Waals surface area contributed by atoms with Gasteiger partial charge in [-0.15, -0.1) is 0 Å². The maximum atomic E-state index is 5.98. The zero-order valence-corrected chi connectivity index (χ0v) is 11.9. The second-order valence-corrected chi connectivity index (χ2v) is 5.48. The Balaban J connectivity index is 1.86. The summed E-state index contributed by atoms with van der Waals surface area (Å²) in [5, 5.41) is 4.23. The van der Waals surface area contributed by atoms with Gasteiger partial charge in [-0.1, -0.05) is 29.6 Å². The Kier molecular flexibility index (Phi) is 4.40. The molecule has 0 radical (unpaired) electrons. The van der Waals surface area contributed by atoms with Crippen molar-refractivity contribution in [3.8, 4) is 0 Å². The molecular formula is C12H18Cl2N4. The van der Waals surface area contributed by atoms with E-state index in [0.29, 0.717) is 22.7 Å². The summed E-state index contributed by atoms with van der Waals surface area (Å²) >= 11 is 11.9. The summed E-state index contributed by atoms with van der Waals surface area (Å²) in [4.78, 5) is 4.29. The summed E-state index contributed by atoms with van der Waals surface area (Å²) < 4.78 is 1.81. The molecule has 18 heavy (non-hydrogen) atoms. The van der Waals surface area contributed by atoms with Crippen LogP contribution in [0.4, 0.5) is 0 Å². The number of guanidine groups is 1. The number of halogens is 2. The van der Waals surface area contributed by atoms with Gasteiger partial charge in [0.2, 0.25) is 0 Å². The van der Waals surface area contributed by atoms with Gasteiger partial charge in [-0.2, -0.15) is 0 Å². The van der Waals surface area contributed by atoms with Gasteiger partial charge >= 0.3 is 0 Å². The van der Waals surface area contributed by atoms with Crippen LogP contribution in [0.25, 0.3) is 0 Å². The first-order valence-corrected chi connectivity index (χ1v) is 6.87. The summed E-state index contributed by atoms with van der Waals surface area (Å²) in [6, 6.07) is 1.81. The highest BCUT2D eigenvalue weighted by Gasteiger charge is 2.16. The van der Waals surface area contributed by atoms with Crippen LogP contribution in [0.15, 0.2) is 11.1 Å². The number of rotatable bonds is 4. The molecule has 0 bridgehead atoms. The Morgan fingerprint density at radius 1 is 1.56 bits per heavy atom. The highest BCUT2D eigenvalue weighted by Crippen LogP contribution is 2.26. The second-order valence-electron chi connectivity index (χ2n) is 4.71. The highest BCUT2D eigenvalue weighted by molar-refractivity contribution is 6.41. The first-order valence-electron chi connectivity index (χ1n) is 6.11. The number of aromatic nitrogens is 1. The van der Waals surface area contributed by atoms with E-state index in [0.717, 1.165) is 18.2 Å². The van der Waals surface area contributed by atoms with Gasteiger partial charge in [0, 0.05) is 19.3 Å². The van der Waals surface area contributed by atoms with Crippen LogP contribution in [0.3, 0.4) is 0 Å². The Morgan fingerprint density at radius 2 is 2.28 bits per heavy atom. The van der Waals surface area contributed by atoms with Crippen LogP contribution in [0.1, 0.15) is 25.0 Å². The third kappa shape index (κ3) is 3.12. The van der Waals surface area contributed by atoms with Crippen molar-refractivity contribution in [2.24, 2.45) is 23.7 Å². The van der Waals surface area contributed by atoms with E-state index < -0.39 is 0 Å². The first-order chi connectivity index (χ1) is 8.58. The number of nitrogens with one attached hydrogen (secondary N) is 1. The van der Waals surface area contributed by atoms with E-state index in [2.05, 4.69) is 10.3 Å². The number of nitrogens with two attached hydrogens (primary N) is 1. The largest absolute Gasteiger partial charge is 0.370 e. The van der Waals surface area contributed by atoms with E-state index in [9.17, 15) is 0 Å². The van der Waals surface area contributed by atoms with E-state index in [4.69, 9.17) is 28.9 Å². The molecule has 2 rings (SSSR count). The molecule has 1 heterocycles. The van der Waals surface area contributed by atoms with Crippen molar-refractivity contribution in [1.82, 2.24) is 9.88 Å². The molecule has 0 aliphatic heterocycles. The van der Waals surface area contributed by atoms with Gasteiger partial charge in [0.1, 0.15) is 5.15 Å². The molecule has 4 nitrogen and oxygen atoms in total. The van der Waals surface area contributed by atoms with Crippen molar-refractivity contribution in [1.29, 1.82) is 0 Å². The molecule has 1 aliphatic rings. The van der Waals surface area contributed by atoms with Crippen molar-refractivity contribution in [3.63, 3.8) is 0 Å². The summed E-state index contributed by atoms with van der Waals surface area (Å²) in [6.45, 7) is 1.40. The van der Waals surface area contributed by atoms with Gasteiger partial charge in [0.05, 0.1) is 11.6 Å². The number of nitrogens with zero attached hydrogens (tertiary/aromatic N) is 2. The number of hydrogen-bond acceptors (Lipinski definition) is 1. The summed E-state index contributed by atoms with van der Waals surface area (Å²) in [5.41, 5.74) is 6.75. The molecule has 1 aromatic rings. The lowest BCUT2D eigenvalue weighted by atomic mass is 9.85. The molecule has 6 heteroatoms. The standard InChI is InChI=1S/C12H18Cl2N4/c1-18-9(5-10(13)11(18)14)7-17-12(15)16-6-8-3-2-4-8/h5,8H,2-4,6-7H2,1H3,(H3,15,16,17). The fourth-order valence-corrected chi connectivity index (χ4v) is 2.32. The molecule has 0 unspecified atom stereocenters. The third-order valence-electron chi connectivity index (χ3n) is 3.42. The lowest BCUT2D eigenvalue weighted by molar-refractivity contribution is 0.315. The quantitative estimate of drug-likeness (QED) is 0.661. The van der Waals surface area contributed by atoms with E-state index in [1.807, 2.05) is 17.7 Å². The predicted octanol–water partition coefficient (Wildman–Crippen LogP) is 2.54. The molecule has 0 spiro atoms. The first kappa shape index (κ1) is 13.6. The molecule has 100 valence electrons. The molecule has 0 aromatic carbocycles. The molecule has 1 fully saturated rings. The van der Waals surface area contributed by atoms with Crippen molar-refractivity contribution < 1.29 is 0 Å². The van der Waals surface area contributed by atoms with Crippen molar-refractivity contribution in [2.45, 2.75) is 25.8 Å². The van der Waals surface area contributed by atoms with E-state index in [1.165, 1.54) is 19.3 Å². The highest BCUT2D eigenvalue weighted by atomic mass is 35.5. The summed E-state index contributed by atoms with van der Waals surface area (Å²) in [6.07, 6.45) is 3.93. The Hall–Kier alpha value is -0.870. The second kappa shape index (κ2) is 5.85. The van der Waals surface area contributed by atoms with Gasteiger partial charge in [-0.3, -0.25) is 0 Å². The van der Waals surface area contributed by atoms with Crippen LogP contribution in [0, 0.1) is 5.92 Å². The third-order valence-corrected chi connectivity index (χ3v) is 4.27. The molecule has 1 saturated carbocycles. The van der Waals surface area contributed by atoms with E-state index in [-0.39, 0.29) is 0 Å². The van der Waals surface area contributed by atoms with Crippen LogP contribution in [0.5, 0.6) is 0 Å². The minimum atomic E-state index is 0.479. The smallest absolute Gasteiger partial charge is 0.188 e. The number of aliphatic imine (C=N–C) groups is 1. The minimum absolute atomic E-state index is 0.479. The SMILES string of the molecule is Cn1c(CN=C(N)NCC2CCC2)cc(Cl)c1Cl. The normalized spacial score (nSPS) is 16.7. The van der Waals surface area contributed by atoms with Crippen molar-refractivity contribution in [2.75, 3.05) is 6.54 Å². The molecule has 0 saturated heterocycles. The van der Waals surface area contributed by atoms with Crippen LogP contribution in [0.2, 0.25) is 10.2 Å². The van der Waals surface area contributed by atoms with Gasteiger partial charge in [0.15, 0.2) is 5.96 Å². The van der Waals surface area contributed by atoms with E-state index in [1.54, 1.807) is 0 Å². The molecule has 1 aliphatic carbocycles. The van der Waals surface area contributed by atoms with Crippen LogP contribution >= 0.6 is 23.2 Å². The summed E-state index contributed by atoms with van der Waals surface area (Å²) in [7, 11) is 1.86. The molecule has 3 N–H and O–H groups in total. The maximum absolute atomic E-state index is 5.98.